The third-order valence-electron chi connectivity index (χ3n) is 5.66. The first-order chi connectivity index (χ1) is 17.4. The minimum atomic E-state index is -3.90. The van der Waals surface area contributed by atoms with Crippen molar-refractivity contribution in [1.82, 2.24) is 18.7 Å². The Kier molecular flexibility index (Phi) is 6.54. The molecule has 2 aromatic heterocycles. The summed E-state index contributed by atoms with van der Waals surface area (Å²) in [7, 11) is -1.13. The second kappa shape index (κ2) is 9.48. The van der Waals surface area contributed by atoms with Gasteiger partial charge in [0.05, 0.1) is 4.90 Å². The monoisotopic (exact) mass is 525 g/mol. The lowest BCUT2D eigenvalue weighted by molar-refractivity contribution is -0.116. The van der Waals surface area contributed by atoms with E-state index in [1.165, 1.54) is 54.4 Å². The average molecular weight is 526 g/mol. The van der Waals surface area contributed by atoms with E-state index < -0.39 is 27.2 Å². The maximum absolute atomic E-state index is 13.0. The van der Waals surface area contributed by atoms with E-state index in [-0.39, 0.29) is 34.3 Å². The van der Waals surface area contributed by atoms with Crippen molar-refractivity contribution in [2.24, 2.45) is 19.2 Å². The lowest BCUT2D eigenvalue weighted by Gasteiger charge is -2.12. The lowest BCUT2D eigenvalue weighted by atomic mass is 10.1. The zero-order chi connectivity index (χ0) is 27.1. The minimum Gasteiger partial charge on any atom is -0.326 e. The summed E-state index contributed by atoms with van der Waals surface area (Å²) in [4.78, 5) is 54.1. The number of ketones is 1. The SMILES string of the molecule is CC(=O)c1ccc(NC(=O)Cn2c(Nc3ccc(S(N)(=O)=O)cc3)nc3c2c(=O)n(C)c(=O)n3C)cc1. The lowest BCUT2D eigenvalue weighted by Crippen LogP contribution is -2.37. The molecule has 1 amide bonds. The van der Waals surface area contributed by atoms with Crippen LogP contribution in [0, 0.1) is 0 Å². The molecule has 14 heteroatoms. The van der Waals surface area contributed by atoms with Gasteiger partial charge in [-0.2, -0.15) is 4.98 Å². The van der Waals surface area contributed by atoms with Gasteiger partial charge in [0.15, 0.2) is 16.9 Å². The first-order valence-electron chi connectivity index (χ1n) is 10.8. The molecule has 0 fully saturated rings. The van der Waals surface area contributed by atoms with Crippen LogP contribution in [-0.2, 0) is 35.5 Å². The van der Waals surface area contributed by atoms with Crippen LogP contribution >= 0.6 is 0 Å². The van der Waals surface area contributed by atoms with Crippen molar-refractivity contribution in [1.29, 1.82) is 0 Å². The molecule has 0 radical (unpaired) electrons. The summed E-state index contributed by atoms with van der Waals surface area (Å²) >= 11 is 0. The van der Waals surface area contributed by atoms with Gasteiger partial charge in [-0.1, -0.05) is 0 Å². The molecule has 4 N–H and O–H groups in total. The maximum Gasteiger partial charge on any atom is 0.332 e. The van der Waals surface area contributed by atoms with Crippen molar-refractivity contribution in [2.75, 3.05) is 10.6 Å². The molecule has 0 saturated heterocycles. The number of primary sulfonamides is 1. The van der Waals surface area contributed by atoms with Crippen molar-refractivity contribution in [3.05, 3.63) is 74.9 Å². The summed E-state index contributed by atoms with van der Waals surface area (Å²) in [5.74, 6) is -0.547. The molecule has 0 aliphatic carbocycles. The number of hydrogen-bond acceptors (Lipinski definition) is 8. The van der Waals surface area contributed by atoms with Crippen LogP contribution in [0.15, 0.2) is 63.0 Å². The number of carbonyl (C=O) groups excluding carboxylic acids is 2. The second-order valence-electron chi connectivity index (χ2n) is 8.28. The molecule has 0 atom stereocenters. The van der Waals surface area contributed by atoms with Crippen LogP contribution in [0.1, 0.15) is 17.3 Å². The van der Waals surface area contributed by atoms with Crippen molar-refractivity contribution >= 4 is 50.2 Å². The second-order valence-corrected chi connectivity index (χ2v) is 9.84. The number of benzene rings is 2. The number of aryl methyl sites for hydroxylation is 1. The number of fused-ring (bicyclic) bond motifs is 1. The number of anilines is 3. The number of nitrogens with zero attached hydrogens (tertiary/aromatic N) is 4. The van der Waals surface area contributed by atoms with Crippen molar-refractivity contribution in [3.63, 3.8) is 0 Å². The highest BCUT2D eigenvalue weighted by atomic mass is 32.2. The Balaban J connectivity index is 1.74. The minimum absolute atomic E-state index is 0.00957. The molecule has 2 aromatic carbocycles. The van der Waals surface area contributed by atoms with Gasteiger partial charge in [0.2, 0.25) is 21.9 Å². The number of sulfonamides is 1. The molecule has 192 valence electrons. The molecule has 13 nitrogen and oxygen atoms in total. The molecule has 0 unspecified atom stereocenters. The van der Waals surface area contributed by atoms with Crippen LogP contribution in [0.2, 0.25) is 0 Å². The maximum atomic E-state index is 13.0. The molecular formula is C23H23N7O6S. The van der Waals surface area contributed by atoms with Gasteiger partial charge in [0.25, 0.3) is 5.56 Å². The van der Waals surface area contributed by atoms with E-state index in [2.05, 4.69) is 15.6 Å². The van der Waals surface area contributed by atoms with Crippen LogP contribution < -0.4 is 27.0 Å². The Labute approximate surface area is 210 Å². The molecule has 0 spiro atoms. The number of carbonyl (C=O) groups is 2. The van der Waals surface area contributed by atoms with Crippen LogP contribution in [0.4, 0.5) is 17.3 Å². The van der Waals surface area contributed by atoms with E-state index in [0.717, 1.165) is 4.57 Å². The van der Waals surface area contributed by atoms with Crippen molar-refractivity contribution in [3.8, 4) is 0 Å². The fraction of sp³-hybridized carbons (Fsp3) is 0.174. The number of hydrogen-bond donors (Lipinski definition) is 3. The molecule has 2 heterocycles. The standard InChI is InChI=1S/C23H23N7O6S/c1-13(31)14-4-6-15(7-5-14)25-18(32)12-30-19-20(28(2)23(34)29(3)21(19)33)27-22(30)26-16-8-10-17(11-9-16)37(24,35)36/h4-11H,12H2,1-3H3,(H,25,32)(H,26,27)(H2,24,35,36). The molecule has 4 aromatic rings. The van der Waals surface area contributed by atoms with Crippen LogP contribution in [-0.4, -0.2) is 38.8 Å². The number of nitrogens with one attached hydrogen (secondary N) is 2. The van der Waals surface area contributed by atoms with E-state index in [1.54, 1.807) is 24.3 Å². The Morgan fingerprint density at radius 3 is 2.11 bits per heavy atom. The quantitative estimate of drug-likeness (QED) is 0.294. The zero-order valence-corrected chi connectivity index (χ0v) is 20.9. The molecular weight excluding hydrogens is 502 g/mol. The smallest absolute Gasteiger partial charge is 0.326 e. The largest absolute Gasteiger partial charge is 0.332 e. The number of nitrogens with two attached hydrogens (primary N) is 1. The van der Waals surface area contributed by atoms with Crippen LogP contribution in [0.25, 0.3) is 11.2 Å². The van der Waals surface area contributed by atoms with Gasteiger partial charge >= 0.3 is 5.69 Å². The highest BCUT2D eigenvalue weighted by molar-refractivity contribution is 7.89. The van der Waals surface area contributed by atoms with Crippen LogP contribution in [0.3, 0.4) is 0 Å². The number of imidazole rings is 1. The number of Topliss-reactive ketones (excluding diaryl/α,β-unsaturated/α-hetero) is 1. The van der Waals surface area contributed by atoms with E-state index in [4.69, 9.17) is 5.14 Å². The normalized spacial score (nSPS) is 11.5. The molecule has 37 heavy (non-hydrogen) atoms. The zero-order valence-electron chi connectivity index (χ0n) is 20.0. The summed E-state index contributed by atoms with van der Waals surface area (Å²) in [5, 5.41) is 10.8. The third-order valence-corrected chi connectivity index (χ3v) is 6.59. The predicted octanol–water partition coefficient (Wildman–Crippen LogP) is 0.666. The van der Waals surface area contributed by atoms with Crippen molar-refractivity contribution < 1.29 is 18.0 Å². The van der Waals surface area contributed by atoms with E-state index >= 15 is 0 Å². The molecule has 0 aliphatic heterocycles. The average Bonchev–Trinajstić information content (AvgIpc) is 3.19. The summed E-state index contributed by atoms with van der Waals surface area (Å²) in [5.41, 5.74) is 0.135. The van der Waals surface area contributed by atoms with Crippen LogP contribution in [0.5, 0.6) is 0 Å². The highest BCUT2D eigenvalue weighted by Crippen LogP contribution is 2.22. The van der Waals surface area contributed by atoms with Gasteiger partial charge in [0, 0.05) is 31.0 Å². The Hall–Kier alpha value is -4.56. The van der Waals surface area contributed by atoms with Crippen molar-refractivity contribution in [2.45, 2.75) is 18.4 Å². The van der Waals surface area contributed by atoms with E-state index in [0.29, 0.717) is 16.9 Å². The summed E-state index contributed by atoms with van der Waals surface area (Å²) in [6.07, 6.45) is 0. The summed E-state index contributed by atoms with van der Waals surface area (Å²) < 4.78 is 26.5. The van der Waals surface area contributed by atoms with Gasteiger partial charge in [-0.15, -0.1) is 0 Å². The fourth-order valence-electron chi connectivity index (χ4n) is 3.69. The Morgan fingerprint density at radius 1 is 0.946 bits per heavy atom. The number of aromatic nitrogens is 4. The van der Waals surface area contributed by atoms with E-state index in [1.807, 2.05) is 0 Å². The summed E-state index contributed by atoms with van der Waals surface area (Å²) in [6.45, 7) is 1.08. The van der Waals surface area contributed by atoms with E-state index in [9.17, 15) is 27.6 Å². The van der Waals surface area contributed by atoms with Gasteiger partial charge in [-0.05, 0) is 55.5 Å². The number of amides is 1. The molecule has 0 saturated carbocycles. The van der Waals surface area contributed by atoms with Gasteiger partial charge < -0.3 is 10.6 Å². The molecule has 4 rings (SSSR count). The predicted molar refractivity (Wildman–Crippen MR) is 136 cm³/mol. The first-order valence-corrected chi connectivity index (χ1v) is 12.4. The third kappa shape index (κ3) is 5.05. The molecule has 0 aliphatic rings. The Bertz CT molecular complexity index is 1770. The van der Waals surface area contributed by atoms with Gasteiger partial charge in [0.1, 0.15) is 6.54 Å². The van der Waals surface area contributed by atoms with Gasteiger partial charge in [-0.25, -0.2) is 18.4 Å². The highest BCUT2D eigenvalue weighted by Gasteiger charge is 2.21. The first kappa shape index (κ1) is 25.5. The number of rotatable bonds is 7. The fourth-order valence-corrected chi connectivity index (χ4v) is 4.20. The Morgan fingerprint density at radius 2 is 1.54 bits per heavy atom. The topological polar surface area (TPSA) is 180 Å². The molecule has 0 bridgehead atoms. The van der Waals surface area contributed by atoms with Gasteiger partial charge in [-0.3, -0.25) is 28.1 Å². The summed E-state index contributed by atoms with van der Waals surface area (Å²) in [6, 6.07) is 11.8.